The van der Waals surface area contributed by atoms with Gasteiger partial charge in [0.1, 0.15) is 6.61 Å². The highest BCUT2D eigenvalue weighted by Gasteiger charge is 2.57. The van der Waals surface area contributed by atoms with Crippen LogP contribution in [-0.2, 0) is 9.53 Å². The van der Waals surface area contributed by atoms with E-state index < -0.39 is 5.60 Å². The van der Waals surface area contributed by atoms with Gasteiger partial charge in [0.05, 0.1) is 11.7 Å². The predicted molar refractivity (Wildman–Crippen MR) is 107 cm³/mol. The van der Waals surface area contributed by atoms with E-state index in [0.717, 1.165) is 37.7 Å². The second kappa shape index (κ2) is 8.08. The molecule has 160 valence electrons. The molecule has 1 aliphatic heterocycles. The number of hydrogen-bond acceptors (Lipinski definition) is 5. The van der Waals surface area contributed by atoms with Crippen LogP contribution in [0.1, 0.15) is 66.2 Å². The van der Waals surface area contributed by atoms with Crippen LogP contribution in [0.5, 0.6) is 0 Å². The molecule has 0 aromatic rings. The lowest BCUT2D eigenvalue weighted by Gasteiger charge is -2.55. The zero-order chi connectivity index (χ0) is 20.7. The summed E-state index contributed by atoms with van der Waals surface area (Å²) >= 11 is 0. The van der Waals surface area contributed by atoms with Gasteiger partial charge in [0.25, 0.3) is 0 Å². The van der Waals surface area contributed by atoms with Gasteiger partial charge in [-0.15, -0.1) is 0 Å². The molecule has 3 aliphatic rings. The van der Waals surface area contributed by atoms with E-state index in [4.69, 9.17) is 4.74 Å². The van der Waals surface area contributed by atoms with E-state index in [1.165, 1.54) is 0 Å². The summed E-state index contributed by atoms with van der Waals surface area (Å²) in [5, 5.41) is 31.6. The molecule has 2 saturated carbocycles. The van der Waals surface area contributed by atoms with Crippen molar-refractivity contribution in [3.63, 3.8) is 0 Å². The van der Waals surface area contributed by atoms with Crippen LogP contribution in [0.15, 0.2) is 11.6 Å². The van der Waals surface area contributed by atoms with Crippen molar-refractivity contribution in [3.8, 4) is 0 Å². The molecular weight excluding hydrogens is 356 g/mol. The number of ether oxygens (including phenoxy) is 1. The van der Waals surface area contributed by atoms with Crippen LogP contribution in [0.2, 0.25) is 0 Å². The fourth-order valence-electron chi connectivity index (χ4n) is 6.76. The minimum absolute atomic E-state index is 0.0537. The van der Waals surface area contributed by atoms with Crippen LogP contribution in [0.25, 0.3) is 0 Å². The smallest absolute Gasteiger partial charge is 0.331 e. The van der Waals surface area contributed by atoms with E-state index in [1.807, 2.05) is 6.92 Å². The normalized spacial score (nSPS) is 41.6. The Morgan fingerprint density at radius 1 is 1.29 bits per heavy atom. The van der Waals surface area contributed by atoms with E-state index in [0.29, 0.717) is 18.9 Å². The van der Waals surface area contributed by atoms with E-state index >= 15 is 0 Å². The minimum Gasteiger partial charge on any atom is -0.458 e. The number of aliphatic hydroxyl groups is 3. The summed E-state index contributed by atoms with van der Waals surface area (Å²) in [6.07, 6.45) is 6.25. The Labute approximate surface area is 169 Å². The summed E-state index contributed by atoms with van der Waals surface area (Å²) in [6, 6.07) is 0. The van der Waals surface area contributed by atoms with Gasteiger partial charge in [-0.2, -0.15) is 0 Å². The van der Waals surface area contributed by atoms with Crippen molar-refractivity contribution >= 4 is 5.97 Å². The molecule has 28 heavy (non-hydrogen) atoms. The molecule has 1 heterocycles. The second-order valence-corrected chi connectivity index (χ2v) is 10.2. The summed E-state index contributed by atoms with van der Waals surface area (Å²) in [5.74, 6) is 0.693. The number of hydrogen-bond donors (Lipinski definition) is 3. The fraction of sp³-hybridized carbons (Fsp3) is 0.870. The molecule has 2 fully saturated rings. The largest absolute Gasteiger partial charge is 0.458 e. The molecule has 5 heteroatoms. The van der Waals surface area contributed by atoms with Gasteiger partial charge in [0.15, 0.2) is 0 Å². The first-order valence-electron chi connectivity index (χ1n) is 11.0. The number of carbonyl (C=O) groups excluding carboxylic acids is 1. The van der Waals surface area contributed by atoms with E-state index in [2.05, 4.69) is 20.8 Å². The van der Waals surface area contributed by atoms with Crippen LogP contribution in [-0.4, -0.2) is 46.2 Å². The van der Waals surface area contributed by atoms with Gasteiger partial charge in [-0.05, 0) is 86.0 Å². The topological polar surface area (TPSA) is 87.0 Å². The molecule has 0 amide bonds. The maximum Gasteiger partial charge on any atom is 0.331 e. The third kappa shape index (κ3) is 3.78. The molecule has 0 aromatic carbocycles. The Kier molecular flexibility index (Phi) is 6.29. The first-order chi connectivity index (χ1) is 13.1. The Morgan fingerprint density at radius 3 is 2.57 bits per heavy atom. The van der Waals surface area contributed by atoms with E-state index in [1.54, 1.807) is 6.08 Å². The van der Waals surface area contributed by atoms with Crippen LogP contribution in [0, 0.1) is 35.0 Å². The average Bonchev–Trinajstić information content (AvgIpc) is 3.16. The van der Waals surface area contributed by atoms with E-state index in [-0.39, 0.29) is 47.8 Å². The Bertz CT molecular complexity index is 610. The Morgan fingerprint density at radius 2 is 2.00 bits per heavy atom. The summed E-state index contributed by atoms with van der Waals surface area (Å²) in [5.41, 5.74) is 0.181. The molecule has 3 rings (SSSR count). The highest BCUT2D eigenvalue weighted by atomic mass is 16.5. The maximum absolute atomic E-state index is 11.9. The zero-order valence-electron chi connectivity index (χ0n) is 17.9. The molecule has 0 aromatic heterocycles. The highest BCUT2D eigenvalue weighted by molar-refractivity contribution is 5.85. The summed E-state index contributed by atoms with van der Waals surface area (Å²) in [4.78, 5) is 11.5. The van der Waals surface area contributed by atoms with Gasteiger partial charge >= 0.3 is 5.97 Å². The van der Waals surface area contributed by atoms with Crippen LogP contribution in [0.4, 0.5) is 0 Å². The molecule has 0 radical (unpaired) electrons. The van der Waals surface area contributed by atoms with Crippen LogP contribution in [0.3, 0.4) is 0 Å². The predicted octanol–water partition coefficient (Wildman–Crippen LogP) is 3.07. The quantitative estimate of drug-likeness (QED) is 0.603. The summed E-state index contributed by atoms with van der Waals surface area (Å²) in [6.45, 7) is 8.94. The lowest BCUT2D eigenvalue weighted by Crippen LogP contribution is -2.53. The first-order valence-corrected chi connectivity index (χ1v) is 11.0. The zero-order valence-corrected chi connectivity index (χ0v) is 17.9. The van der Waals surface area contributed by atoms with Gasteiger partial charge in [-0.3, -0.25) is 0 Å². The molecular formula is C23H38O5. The van der Waals surface area contributed by atoms with E-state index in [9.17, 15) is 20.1 Å². The van der Waals surface area contributed by atoms with Crippen molar-refractivity contribution < 1.29 is 24.9 Å². The van der Waals surface area contributed by atoms with Gasteiger partial charge in [0, 0.05) is 12.7 Å². The maximum atomic E-state index is 11.9. The number of esters is 1. The van der Waals surface area contributed by atoms with Crippen molar-refractivity contribution in [2.45, 2.75) is 77.9 Å². The van der Waals surface area contributed by atoms with Gasteiger partial charge in [-0.1, -0.05) is 20.8 Å². The van der Waals surface area contributed by atoms with Gasteiger partial charge < -0.3 is 20.1 Å². The average molecular weight is 395 g/mol. The third-order valence-electron chi connectivity index (χ3n) is 8.44. The number of aliphatic hydroxyl groups excluding tert-OH is 2. The van der Waals surface area contributed by atoms with Crippen molar-refractivity contribution in [1.29, 1.82) is 0 Å². The number of rotatable bonds is 6. The van der Waals surface area contributed by atoms with Gasteiger partial charge in [-0.25, -0.2) is 4.79 Å². The molecule has 0 bridgehead atoms. The van der Waals surface area contributed by atoms with Crippen molar-refractivity contribution in [1.82, 2.24) is 0 Å². The lowest BCUT2D eigenvalue weighted by atomic mass is 9.52. The van der Waals surface area contributed by atoms with Crippen LogP contribution >= 0.6 is 0 Å². The SMILES string of the molecule is C[C@H](O)C[C@H]1CC[C@@H]([C@@]2(O)CC[C@H](C3=CC(=O)OC3)[C@@H]2C)[C@H](CCO)C1(C)C. The molecule has 0 saturated heterocycles. The molecule has 7 atom stereocenters. The minimum atomic E-state index is -0.788. The molecule has 3 N–H and O–H groups in total. The molecule has 2 aliphatic carbocycles. The Balaban J connectivity index is 1.84. The molecule has 0 spiro atoms. The first kappa shape index (κ1) is 21.8. The monoisotopic (exact) mass is 394 g/mol. The van der Waals surface area contributed by atoms with Crippen molar-refractivity contribution in [3.05, 3.63) is 11.6 Å². The number of carbonyl (C=O) groups is 1. The summed E-state index contributed by atoms with van der Waals surface area (Å²) in [7, 11) is 0. The highest BCUT2D eigenvalue weighted by Crippen LogP contribution is 2.59. The lowest BCUT2D eigenvalue weighted by molar-refractivity contribution is -0.135. The standard InChI is InChI=1S/C23H38O5/c1-14(25)11-17-5-6-20(19(8-10-24)22(17,3)4)23(27)9-7-18(15(23)2)16-12-21(26)28-13-16/h12,14-15,17-20,24-25,27H,5-11,13H2,1-4H3/t14-,15-,17+,18-,19-,20+,23+/m0/s1. The Hall–Kier alpha value is -0.910. The van der Waals surface area contributed by atoms with Crippen LogP contribution < -0.4 is 0 Å². The fourth-order valence-corrected chi connectivity index (χ4v) is 6.76. The van der Waals surface area contributed by atoms with Crippen molar-refractivity contribution in [2.24, 2.45) is 35.0 Å². The summed E-state index contributed by atoms with van der Waals surface area (Å²) < 4.78 is 5.11. The third-order valence-corrected chi connectivity index (χ3v) is 8.44. The molecule has 5 nitrogen and oxygen atoms in total. The van der Waals surface area contributed by atoms with Gasteiger partial charge in [0.2, 0.25) is 0 Å². The second-order valence-electron chi connectivity index (χ2n) is 10.2. The molecule has 0 unspecified atom stereocenters. The number of cyclic esters (lactones) is 1. The van der Waals surface area contributed by atoms with Crippen molar-refractivity contribution in [2.75, 3.05) is 13.2 Å².